The fraction of sp³-hybridized carbons (Fsp3) is 1.00. The normalized spacial score (nSPS) is 38.0. The molecule has 0 aromatic heterocycles. The van der Waals surface area contributed by atoms with Gasteiger partial charge in [-0.1, -0.05) is 44.3 Å². The predicted molar refractivity (Wildman–Crippen MR) is 88.8 cm³/mol. The molecule has 3 fully saturated rings. The molecule has 2 nitrogen and oxygen atoms in total. The van der Waals surface area contributed by atoms with Gasteiger partial charge in [-0.2, -0.15) is 0 Å². The molecule has 3 atom stereocenters. The highest BCUT2D eigenvalue weighted by molar-refractivity contribution is 6.11. The lowest BCUT2D eigenvalue weighted by Crippen LogP contribution is -2.71. The van der Waals surface area contributed by atoms with Crippen molar-refractivity contribution in [3.63, 3.8) is 0 Å². The van der Waals surface area contributed by atoms with Gasteiger partial charge in [0, 0.05) is 6.04 Å². The molecule has 0 amide bonds. The zero-order valence-corrected chi connectivity index (χ0v) is 14.0. The third-order valence-electron chi connectivity index (χ3n) is 6.39. The molecule has 0 N–H and O–H groups in total. The molecular weight excluding hydrogens is 257 g/mol. The van der Waals surface area contributed by atoms with E-state index in [1.54, 1.807) is 0 Å². The van der Waals surface area contributed by atoms with Crippen LogP contribution in [0.2, 0.25) is 5.82 Å². The van der Waals surface area contributed by atoms with E-state index in [0.29, 0.717) is 17.4 Å². The summed E-state index contributed by atoms with van der Waals surface area (Å²) in [5, 5.41) is 0. The lowest BCUT2D eigenvalue weighted by atomic mass is 9.64. The second-order valence-corrected chi connectivity index (χ2v) is 8.01. The highest BCUT2D eigenvalue weighted by atomic mass is 16.5. The molecule has 2 heterocycles. The second kappa shape index (κ2) is 6.62. The number of nitrogens with zero attached hydrogens (tertiary/aromatic N) is 1. The molecule has 0 aromatic rings. The SMILES string of the molecule is [B]C1CCCCC2C(CCC1)CCN(C(C)C)C21COC1. The van der Waals surface area contributed by atoms with Gasteiger partial charge in [0.15, 0.2) is 0 Å². The smallest absolute Gasteiger partial charge is 0.0711 e. The molecule has 1 aliphatic carbocycles. The summed E-state index contributed by atoms with van der Waals surface area (Å²) in [5.41, 5.74) is 0.373. The monoisotopic (exact) mass is 289 g/mol. The van der Waals surface area contributed by atoms with Crippen molar-refractivity contribution in [2.75, 3.05) is 19.8 Å². The van der Waals surface area contributed by atoms with E-state index in [2.05, 4.69) is 18.7 Å². The van der Waals surface area contributed by atoms with E-state index in [9.17, 15) is 0 Å². The van der Waals surface area contributed by atoms with Gasteiger partial charge in [-0.3, -0.25) is 4.90 Å². The van der Waals surface area contributed by atoms with Crippen molar-refractivity contribution >= 4 is 7.85 Å². The van der Waals surface area contributed by atoms with Crippen LogP contribution >= 0.6 is 0 Å². The molecule has 0 bridgehead atoms. The Bertz CT molecular complexity index is 340. The van der Waals surface area contributed by atoms with Crippen LogP contribution in [-0.2, 0) is 4.74 Å². The van der Waals surface area contributed by atoms with E-state index in [0.717, 1.165) is 25.0 Å². The van der Waals surface area contributed by atoms with Crippen molar-refractivity contribution in [2.24, 2.45) is 11.8 Å². The second-order valence-electron chi connectivity index (χ2n) is 8.01. The summed E-state index contributed by atoms with van der Waals surface area (Å²) < 4.78 is 5.73. The Morgan fingerprint density at radius 3 is 2.38 bits per heavy atom. The zero-order chi connectivity index (χ0) is 14.9. The summed E-state index contributed by atoms with van der Waals surface area (Å²) in [6.07, 6.45) is 10.7. The van der Waals surface area contributed by atoms with Gasteiger partial charge < -0.3 is 4.74 Å². The van der Waals surface area contributed by atoms with Crippen molar-refractivity contribution in [3.8, 4) is 0 Å². The quantitative estimate of drug-likeness (QED) is 0.681. The molecule has 1 spiro atoms. The molecule has 2 saturated heterocycles. The number of ether oxygens (including phenoxy) is 1. The van der Waals surface area contributed by atoms with E-state index in [1.807, 2.05) is 0 Å². The minimum atomic E-state index is 0.373. The average molecular weight is 289 g/mol. The van der Waals surface area contributed by atoms with Gasteiger partial charge >= 0.3 is 0 Å². The maximum Gasteiger partial charge on any atom is 0.0711 e. The first-order valence-electron chi connectivity index (χ1n) is 9.23. The first-order chi connectivity index (χ1) is 10.1. The Morgan fingerprint density at radius 2 is 1.71 bits per heavy atom. The van der Waals surface area contributed by atoms with Crippen molar-refractivity contribution in [1.29, 1.82) is 0 Å². The first kappa shape index (κ1) is 15.9. The molecule has 3 rings (SSSR count). The van der Waals surface area contributed by atoms with Gasteiger partial charge in [-0.15, -0.1) is 0 Å². The summed E-state index contributed by atoms with van der Waals surface area (Å²) in [6.45, 7) is 7.95. The minimum Gasteiger partial charge on any atom is -0.377 e. The Kier molecular flexibility index (Phi) is 5.00. The van der Waals surface area contributed by atoms with Crippen LogP contribution in [-0.4, -0.2) is 44.1 Å². The molecule has 3 unspecified atom stereocenters. The summed E-state index contributed by atoms with van der Waals surface area (Å²) in [7, 11) is 6.22. The van der Waals surface area contributed by atoms with Crippen LogP contribution in [0.15, 0.2) is 0 Å². The van der Waals surface area contributed by atoms with E-state index in [4.69, 9.17) is 12.6 Å². The van der Waals surface area contributed by atoms with Gasteiger partial charge in [0.25, 0.3) is 0 Å². The zero-order valence-electron chi connectivity index (χ0n) is 14.0. The van der Waals surface area contributed by atoms with E-state index in [-0.39, 0.29) is 0 Å². The summed E-state index contributed by atoms with van der Waals surface area (Å²) in [4.78, 5) is 2.77. The van der Waals surface area contributed by atoms with Crippen LogP contribution in [0.5, 0.6) is 0 Å². The fourth-order valence-electron chi connectivity index (χ4n) is 5.25. The first-order valence-corrected chi connectivity index (χ1v) is 9.23. The molecule has 0 aromatic carbocycles. The molecule has 3 aliphatic rings. The summed E-state index contributed by atoms with van der Waals surface area (Å²) in [5.74, 6) is 2.23. The van der Waals surface area contributed by atoms with Crippen molar-refractivity contribution in [1.82, 2.24) is 4.90 Å². The Morgan fingerprint density at radius 1 is 1.00 bits per heavy atom. The van der Waals surface area contributed by atoms with E-state index in [1.165, 1.54) is 57.9 Å². The lowest BCUT2D eigenvalue weighted by Gasteiger charge is -2.61. The standard InChI is InChI=1S/C18H32BNO/c1-14(2)20-11-10-15-6-5-8-16(19)7-3-4-9-17(15)18(20)12-21-13-18/h14-17H,3-13H2,1-2H3. The maximum atomic E-state index is 6.22. The van der Waals surface area contributed by atoms with Crippen LogP contribution in [0.4, 0.5) is 0 Å². The van der Waals surface area contributed by atoms with Crippen molar-refractivity contribution < 1.29 is 4.74 Å². The van der Waals surface area contributed by atoms with Crippen molar-refractivity contribution in [2.45, 2.75) is 82.6 Å². The number of hydrogen-bond donors (Lipinski definition) is 0. The van der Waals surface area contributed by atoms with Gasteiger partial charge in [-0.05, 0) is 45.1 Å². The third kappa shape index (κ3) is 3.06. The van der Waals surface area contributed by atoms with Gasteiger partial charge in [0.05, 0.1) is 26.6 Å². The van der Waals surface area contributed by atoms with Crippen LogP contribution in [0, 0.1) is 11.8 Å². The Labute approximate surface area is 132 Å². The van der Waals surface area contributed by atoms with Crippen LogP contribution in [0.3, 0.4) is 0 Å². The summed E-state index contributed by atoms with van der Waals surface area (Å²) in [6, 6.07) is 0.652. The highest BCUT2D eigenvalue weighted by Crippen LogP contribution is 2.48. The van der Waals surface area contributed by atoms with Crippen LogP contribution in [0.25, 0.3) is 0 Å². The maximum absolute atomic E-state index is 6.22. The molecule has 1 saturated carbocycles. The molecule has 2 radical (unpaired) electrons. The minimum absolute atomic E-state index is 0.373. The number of hydrogen-bond acceptors (Lipinski definition) is 2. The molecule has 21 heavy (non-hydrogen) atoms. The molecular formula is C18H32BNO. The number of rotatable bonds is 1. The topological polar surface area (TPSA) is 12.5 Å². The summed E-state index contributed by atoms with van der Waals surface area (Å²) >= 11 is 0. The van der Waals surface area contributed by atoms with Crippen molar-refractivity contribution in [3.05, 3.63) is 0 Å². The Balaban J connectivity index is 1.75. The Hall–Kier alpha value is -0.0151. The van der Waals surface area contributed by atoms with E-state index >= 15 is 0 Å². The average Bonchev–Trinajstić information content (AvgIpc) is 2.41. The third-order valence-corrected chi connectivity index (χ3v) is 6.39. The van der Waals surface area contributed by atoms with Gasteiger partial charge in [0.1, 0.15) is 0 Å². The molecule has 2 aliphatic heterocycles. The molecule has 118 valence electrons. The van der Waals surface area contributed by atoms with Gasteiger partial charge in [-0.25, -0.2) is 0 Å². The predicted octanol–water partition coefficient (Wildman–Crippen LogP) is 3.80. The van der Waals surface area contributed by atoms with Crippen LogP contribution < -0.4 is 0 Å². The van der Waals surface area contributed by atoms with Crippen LogP contribution in [0.1, 0.15) is 65.2 Å². The number of piperidine rings is 1. The highest BCUT2D eigenvalue weighted by Gasteiger charge is 2.54. The van der Waals surface area contributed by atoms with E-state index < -0.39 is 0 Å². The lowest BCUT2D eigenvalue weighted by molar-refractivity contribution is -0.208. The number of likely N-dealkylation sites (tertiary alicyclic amines) is 1. The fourth-order valence-corrected chi connectivity index (χ4v) is 5.25. The van der Waals surface area contributed by atoms with Gasteiger partial charge in [0.2, 0.25) is 0 Å². The molecule has 3 heteroatoms. The number of fused-ring (bicyclic) bond motifs is 2. The largest absolute Gasteiger partial charge is 0.377 e.